The van der Waals surface area contributed by atoms with Gasteiger partial charge in [-0.2, -0.15) is 0 Å². The van der Waals surface area contributed by atoms with Crippen LogP contribution in [0.4, 0.5) is 5.69 Å². The maximum Gasteiger partial charge on any atom is 0.280 e. The van der Waals surface area contributed by atoms with Gasteiger partial charge in [0.05, 0.1) is 17.1 Å². The molecule has 0 aliphatic carbocycles. The molecule has 82 valence electrons. The van der Waals surface area contributed by atoms with Crippen molar-refractivity contribution in [3.8, 4) is 11.3 Å². The minimum atomic E-state index is -0.490. The van der Waals surface area contributed by atoms with Gasteiger partial charge in [-0.25, -0.2) is 0 Å². The first-order chi connectivity index (χ1) is 7.72. The molecular weight excluding hydrogens is 212 g/mol. The Kier molecular flexibility index (Phi) is 2.65. The average Bonchev–Trinajstić information content (AvgIpc) is 2.77. The molecule has 0 unspecified atom stereocenters. The zero-order valence-electron chi connectivity index (χ0n) is 8.16. The Morgan fingerprint density at radius 1 is 1.44 bits per heavy atom. The van der Waals surface area contributed by atoms with Crippen LogP contribution in [0.2, 0.25) is 0 Å². The number of para-hydroxylation sites is 1. The van der Waals surface area contributed by atoms with Crippen molar-refractivity contribution in [3.63, 3.8) is 0 Å². The fourth-order valence-electron chi connectivity index (χ4n) is 1.35. The molecule has 1 heterocycles. The van der Waals surface area contributed by atoms with E-state index in [-0.39, 0.29) is 18.1 Å². The van der Waals surface area contributed by atoms with Crippen molar-refractivity contribution in [2.75, 3.05) is 0 Å². The van der Waals surface area contributed by atoms with Crippen molar-refractivity contribution in [2.45, 2.75) is 6.61 Å². The normalized spacial score (nSPS) is 10.3. The minimum absolute atomic E-state index is 0.0526. The fourth-order valence-corrected chi connectivity index (χ4v) is 1.35. The highest BCUT2D eigenvalue weighted by molar-refractivity contribution is 5.69. The average molecular weight is 220 g/mol. The Hall–Kier alpha value is -2.21. The topological polar surface area (TPSA) is 89.4 Å². The maximum atomic E-state index is 10.8. The highest BCUT2D eigenvalue weighted by atomic mass is 16.6. The number of hydrogen-bond donors (Lipinski definition) is 1. The number of aliphatic hydroxyl groups is 1. The second-order valence-corrected chi connectivity index (χ2v) is 3.11. The van der Waals surface area contributed by atoms with E-state index >= 15 is 0 Å². The second-order valence-electron chi connectivity index (χ2n) is 3.11. The summed E-state index contributed by atoms with van der Waals surface area (Å²) in [5.41, 5.74) is 0.635. The molecule has 2 rings (SSSR count). The summed E-state index contributed by atoms with van der Waals surface area (Å²) in [7, 11) is 0. The SMILES string of the molecule is O=[N+]([O-])c1ccccc1-c1cc(CO)no1. The van der Waals surface area contributed by atoms with E-state index in [1.54, 1.807) is 18.2 Å². The van der Waals surface area contributed by atoms with E-state index in [1.807, 2.05) is 0 Å². The molecule has 0 spiro atoms. The highest BCUT2D eigenvalue weighted by Gasteiger charge is 2.17. The molecule has 0 amide bonds. The zero-order valence-corrected chi connectivity index (χ0v) is 8.16. The van der Waals surface area contributed by atoms with Gasteiger partial charge in [-0.1, -0.05) is 17.3 Å². The summed E-state index contributed by atoms with van der Waals surface area (Å²) < 4.78 is 4.92. The summed E-state index contributed by atoms with van der Waals surface area (Å²) in [6, 6.07) is 7.67. The molecule has 0 fully saturated rings. The van der Waals surface area contributed by atoms with Gasteiger partial charge in [0.1, 0.15) is 5.69 Å². The summed E-state index contributed by atoms with van der Waals surface area (Å²) in [5.74, 6) is 0.274. The van der Waals surface area contributed by atoms with Crippen LogP contribution in [0.5, 0.6) is 0 Å². The lowest BCUT2D eigenvalue weighted by molar-refractivity contribution is -0.384. The van der Waals surface area contributed by atoms with Crippen LogP contribution in [-0.2, 0) is 6.61 Å². The van der Waals surface area contributed by atoms with Crippen LogP contribution in [0, 0.1) is 10.1 Å². The molecule has 1 N–H and O–H groups in total. The van der Waals surface area contributed by atoms with E-state index in [0.29, 0.717) is 11.3 Å². The zero-order chi connectivity index (χ0) is 11.5. The molecule has 0 aliphatic heterocycles. The van der Waals surface area contributed by atoms with Crippen LogP contribution in [0.25, 0.3) is 11.3 Å². The lowest BCUT2D eigenvalue weighted by Crippen LogP contribution is -1.90. The number of aliphatic hydroxyl groups excluding tert-OH is 1. The third-order valence-corrected chi connectivity index (χ3v) is 2.09. The molecule has 0 saturated heterocycles. The standard InChI is InChI=1S/C10H8N2O4/c13-6-7-5-10(16-11-7)8-3-1-2-4-9(8)12(14)15/h1-5,13H,6H2. The van der Waals surface area contributed by atoms with Crippen LogP contribution < -0.4 is 0 Å². The lowest BCUT2D eigenvalue weighted by Gasteiger charge is -1.96. The van der Waals surface area contributed by atoms with Crippen LogP contribution in [0.15, 0.2) is 34.9 Å². The van der Waals surface area contributed by atoms with Crippen molar-refractivity contribution < 1.29 is 14.6 Å². The van der Waals surface area contributed by atoms with Gasteiger partial charge < -0.3 is 9.63 Å². The molecule has 0 bridgehead atoms. The number of aromatic nitrogens is 1. The number of nitrogens with zero attached hydrogens (tertiary/aromatic N) is 2. The summed E-state index contributed by atoms with van der Waals surface area (Å²) in [4.78, 5) is 10.3. The van der Waals surface area contributed by atoms with Gasteiger partial charge in [-0.3, -0.25) is 10.1 Å². The minimum Gasteiger partial charge on any atom is -0.390 e. The molecule has 16 heavy (non-hydrogen) atoms. The monoisotopic (exact) mass is 220 g/mol. The molecule has 1 aromatic heterocycles. The van der Waals surface area contributed by atoms with Crippen LogP contribution >= 0.6 is 0 Å². The molecule has 6 nitrogen and oxygen atoms in total. The number of nitro groups is 1. The lowest BCUT2D eigenvalue weighted by atomic mass is 10.1. The van der Waals surface area contributed by atoms with E-state index in [0.717, 1.165) is 0 Å². The Morgan fingerprint density at radius 2 is 2.19 bits per heavy atom. The largest absolute Gasteiger partial charge is 0.390 e. The van der Waals surface area contributed by atoms with Gasteiger partial charge in [0, 0.05) is 12.1 Å². The predicted molar refractivity (Wildman–Crippen MR) is 54.5 cm³/mol. The maximum absolute atomic E-state index is 10.8. The Bertz CT molecular complexity index is 521. The Morgan fingerprint density at radius 3 is 2.81 bits per heavy atom. The van der Waals surface area contributed by atoms with Gasteiger partial charge in [0.2, 0.25) is 0 Å². The van der Waals surface area contributed by atoms with Crippen LogP contribution in [0.1, 0.15) is 5.69 Å². The first-order valence-corrected chi connectivity index (χ1v) is 4.52. The molecule has 1 aromatic carbocycles. The van der Waals surface area contributed by atoms with Gasteiger partial charge in [-0.15, -0.1) is 0 Å². The first kappa shape index (κ1) is 10.3. The van der Waals surface area contributed by atoms with E-state index in [9.17, 15) is 10.1 Å². The molecule has 0 radical (unpaired) electrons. The summed E-state index contributed by atoms with van der Waals surface area (Å²) in [6.07, 6.45) is 0. The molecule has 0 saturated carbocycles. The molecular formula is C10H8N2O4. The second kappa shape index (κ2) is 4.11. The fraction of sp³-hybridized carbons (Fsp3) is 0.100. The van der Waals surface area contributed by atoms with E-state index < -0.39 is 4.92 Å². The smallest absolute Gasteiger partial charge is 0.280 e. The number of rotatable bonds is 3. The van der Waals surface area contributed by atoms with Gasteiger partial charge in [0.25, 0.3) is 5.69 Å². The molecule has 2 aromatic rings. The first-order valence-electron chi connectivity index (χ1n) is 4.52. The van der Waals surface area contributed by atoms with E-state index in [4.69, 9.17) is 9.63 Å². The highest BCUT2D eigenvalue weighted by Crippen LogP contribution is 2.29. The van der Waals surface area contributed by atoms with Crippen LogP contribution in [0.3, 0.4) is 0 Å². The third-order valence-electron chi connectivity index (χ3n) is 2.09. The van der Waals surface area contributed by atoms with Crippen molar-refractivity contribution in [1.29, 1.82) is 0 Å². The van der Waals surface area contributed by atoms with Crippen molar-refractivity contribution in [3.05, 3.63) is 46.1 Å². The summed E-state index contributed by atoms with van der Waals surface area (Å²) in [5, 5.41) is 23.1. The van der Waals surface area contributed by atoms with E-state index in [2.05, 4.69) is 5.16 Å². The summed E-state index contributed by atoms with van der Waals surface area (Å²) in [6.45, 7) is -0.260. The van der Waals surface area contributed by atoms with Crippen molar-refractivity contribution in [2.24, 2.45) is 0 Å². The third kappa shape index (κ3) is 1.78. The molecule has 6 heteroatoms. The van der Waals surface area contributed by atoms with Gasteiger partial charge >= 0.3 is 0 Å². The van der Waals surface area contributed by atoms with Crippen molar-refractivity contribution in [1.82, 2.24) is 5.16 Å². The van der Waals surface area contributed by atoms with Gasteiger partial charge in [-0.05, 0) is 6.07 Å². The Labute approximate surface area is 90.3 Å². The molecule has 0 aliphatic rings. The van der Waals surface area contributed by atoms with Crippen molar-refractivity contribution >= 4 is 5.69 Å². The van der Waals surface area contributed by atoms with E-state index in [1.165, 1.54) is 12.1 Å². The number of nitro benzene ring substituents is 1. The predicted octanol–water partition coefficient (Wildman–Crippen LogP) is 1.74. The number of hydrogen-bond acceptors (Lipinski definition) is 5. The quantitative estimate of drug-likeness (QED) is 0.628. The van der Waals surface area contributed by atoms with Gasteiger partial charge in [0.15, 0.2) is 5.76 Å². The Balaban J connectivity index is 2.50. The summed E-state index contributed by atoms with van der Waals surface area (Å²) >= 11 is 0. The number of benzene rings is 1. The molecule has 0 atom stereocenters. The van der Waals surface area contributed by atoms with Crippen LogP contribution in [-0.4, -0.2) is 15.2 Å².